The van der Waals surface area contributed by atoms with E-state index in [1.165, 1.54) is 0 Å². The van der Waals surface area contributed by atoms with Gasteiger partial charge >= 0.3 is 0 Å². The average Bonchev–Trinajstić information content (AvgIpc) is 2.50. The second kappa shape index (κ2) is 6.35. The third kappa shape index (κ3) is 3.19. The van der Waals surface area contributed by atoms with Crippen LogP contribution in [0.25, 0.3) is 0 Å². The first-order valence-corrected chi connectivity index (χ1v) is 5.88. The smallest absolute Gasteiger partial charge is 0.0928 e. The molecule has 0 aliphatic heterocycles. The molecule has 2 aromatic rings. The van der Waals surface area contributed by atoms with Gasteiger partial charge in [-0.15, -0.1) is 0 Å². The summed E-state index contributed by atoms with van der Waals surface area (Å²) in [6, 6.07) is 18.6. The van der Waals surface area contributed by atoms with Gasteiger partial charge in [0.25, 0.3) is 0 Å². The molecule has 2 rings (SSSR count). The van der Waals surface area contributed by atoms with Crippen molar-refractivity contribution in [2.45, 2.75) is 6.42 Å². The van der Waals surface area contributed by atoms with E-state index in [1.54, 1.807) is 0 Å². The summed E-state index contributed by atoms with van der Waals surface area (Å²) >= 11 is 0. The van der Waals surface area contributed by atoms with Crippen LogP contribution in [0.1, 0.15) is 17.5 Å². The highest BCUT2D eigenvalue weighted by Crippen LogP contribution is 2.10. The SMILES string of the molecule is O/N=C(/C/C(=N\O)c1ccccc1)c1ccccc1. The molecule has 2 N–H and O–H groups in total. The van der Waals surface area contributed by atoms with Crippen molar-refractivity contribution in [2.75, 3.05) is 0 Å². The minimum Gasteiger partial charge on any atom is -0.411 e. The maximum absolute atomic E-state index is 9.12. The lowest BCUT2D eigenvalue weighted by Crippen LogP contribution is -2.11. The lowest BCUT2D eigenvalue weighted by molar-refractivity contribution is 0.316. The van der Waals surface area contributed by atoms with E-state index in [9.17, 15) is 0 Å². The summed E-state index contributed by atoms with van der Waals surface area (Å²) < 4.78 is 0. The molecule has 0 aliphatic carbocycles. The summed E-state index contributed by atoms with van der Waals surface area (Å²) in [6.45, 7) is 0. The molecule has 4 nitrogen and oxygen atoms in total. The van der Waals surface area contributed by atoms with E-state index in [2.05, 4.69) is 10.3 Å². The van der Waals surface area contributed by atoms with Gasteiger partial charge in [-0.05, 0) is 11.1 Å². The minimum absolute atomic E-state index is 0.251. The fourth-order valence-electron chi connectivity index (χ4n) is 1.81. The molecule has 0 atom stereocenters. The standard InChI is InChI=1S/C15H14N2O2/c18-16-14(12-7-3-1-4-8-12)11-15(17-19)13-9-5-2-6-10-13/h1-10,18-19H,11H2/b16-14-,17-15+. The van der Waals surface area contributed by atoms with Crippen molar-refractivity contribution in [2.24, 2.45) is 10.3 Å². The van der Waals surface area contributed by atoms with Gasteiger partial charge in [0.15, 0.2) is 0 Å². The molecule has 0 amide bonds. The Morgan fingerprint density at radius 2 is 1.05 bits per heavy atom. The quantitative estimate of drug-likeness (QED) is 0.500. The normalized spacial score (nSPS) is 12.4. The Morgan fingerprint density at radius 1 is 0.684 bits per heavy atom. The monoisotopic (exact) mass is 254 g/mol. The fraction of sp³-hybridized carbons (Fsp3) is 0.0667. The number of oxime groups is 2. The molecule has 0 aliphatic rings. The van der Waals surface area contributed by atoms with Gasteiger partial charge in [-0.2, -0.15) is 0 Å². The van der Waals surface area contributed by atoms with Crippen LogP contribution in [0.4, 0.5) is 0 Å². The second-order valence-corrected chi connectivity index (χ2v) is 4.00. The molecule has 0 saturated carbocycles. The molecule has 0 heterocycles. The first kappa shape index (κ1) is 12.8. The predicted octanol–water partition coefficient (Wildman–Crippen LogP) is 3.13. The fourth-order valence-corrected chi connectivity index (χ4v) is 1.81. The van der Waals surface area contributed by atoms with Crippen molar-refractivity contribution in [3.05, 3.63) is 71.8 Å². The van der Waals surface area contributed by atoms with Gasteiger partial charge in [-0.3, -0.25) is 0 Å². The minimum atomic E-state index is 0.251. The van der Waals surface area contributed by atoms with Crippen molar-refractivity contribution in [3.63, 3.8) is 0 Å². The van der Waals surface area contributed by atoms with E-state index in [4.69, 9.17) is 10.4 Å². The summed E-state index contributed by atoms with van der Waals surface area (Å²) in [7, 11) is 0. The Bertz CT molecular complexity index is 524. The maximum Gasteiger partial charge on any atom is 0.0928 e. The highest BCUT2D eigenvalue weighted by molar-refractivity contribution is 6.17. The van der Waals surface area contributed by atoms with Crippen LogP contribution in [0.5, 0.6) is 0 Å². The molecular formula is C15H14N2O2. The second-order valence-electron chi connectivity index (χ2n) is 4.00. The summed E-state index contributed by atoms with van der Waals surface area (Å²) in [5.41, 5.74) is 2.50. The van der Waals surface area contributed by atoms with E-state index < -0.39 is 0 Å². The summed E-state index contributed by atoms with van der Waals surface area (Å²) in [5, 5.41) is 24.8. The van der Waals surface area contributed by atoms with Gasteiger partial charge in [0.1, 0.15) is 0 Å². The van der Waals surface area contributed by atoms with Gasteiger partial charge in [0.05, 0.1) is 11.4 Å². The van der Waals surface area contributed by atoms with Gasteiger partial charge in [0.2, 0.25) is 0 Å². The topological polar surface area (TPSA) is 65.2 Å². The van der Waals surface area contributed by atoms with Crippen LogP contribution in [0.15, 0.2) is 71.0 Å². The zero-order valence-electron chi connectivity index (χ0n) is 10.3. The van der Waals surface area contributed by atoms with Crippen molar-refractivity contribution in [3.8, 4) is 0 Å². The Morgan fingerprint density at radius 3 is 1.37 bits per heavy atom. The van der Waals surface area contributed by atoms with Gasteiger partial charge < -0.3 is 10.4 Å². The van der Waals surface area contributed by atoms with Crippen LogP contribution in [0.2, 0.25) is 0 Å². The number of benzene rings is 2. The zero-order valence-corrected chi connectivity index (χ0v) is 10.3. The van der Waals surface area contributed by atoms with Crippen molar-refractivity contribution in [1.82, 2.24) is 0 Å². The molecule has 0 bridgehead atoms. The molecule has 0 saturated heterocycles. The molecule has 0 unspecified atom stereocenters. The molecule has 0 spiro atoms. The van der Waals surface area contributed by atoms with Gasteiger partial charge in [-0.1, -0.05) is 71.0 Å². The van der Waals surface area contributed by atoms with Crippen LogP contribution in [0.3, 0.4) is 0 Å². The number of hydrogen-bond acceptors (Lipinski definition) is 4. The predicted molar refractivity (Wildman–Crippen MR) is 74.1 cm³/mol. The highest BCUT2D eigenvalue weighted by atomic mass is 16.4. The number of rotatable bonds is 4. The lowest BCUT2D eigenvalue weighted by atomic mass is 10.0. The molecule has 2 aromatic carbocycles. The third-order valence-corrected chi connectivity index (χ3v) is 2.79. The van der Waals surface area contributed by atoms with Gasteiger partial charge in [0, 0.05) is 6.42 Å². The molecule has 0 radical (unpaired) electrons. The molecule has 4 heteroatoms. The molecular weight excluding hydrogens is 240 g/mol. The molecule has 0 aromatic heterocycles. The summed E-state index contributed by atoms with van der Waals surface area (Å²) in [4.78, 5) is 0. The molecule has 19 heavy (non-hydrogen) atoms. The van der Waals surface area contributed by atoms with E-state index in [1.807, 2.05) is 60.7 Å². The van der Waals surface area contributed by atoms with E-state index in [0.29, 0.717) is 11.4 Å². The van der Waals surface area contributed by atoms with Crippen LogP contribution in [-0.2, 0) is 0 Å². The van der Waals surface area contributed by atoms with E-state index in [0.717, 1.165) is 11.1 Å². The number of nitrogens with zero attached hydrogens (tertiary/aromatic N) is 2. The Hall–Kier alpha value is -2.62. The van der Waals surface area contributed by atoms with Crippen LogP contribution < -0.4 is 0 Å². The maximum atomic E-state index is 9.12. The highest BCUT2D eigenvalue weighted by Gasteiger charge is 2.11. The summed E-state index contributed by atoms with van der Waals surface area (Å²) in [5.74, 6) is 0. The zero-order chi connectivity index (χ0) is 13.5. The number of hydrogen-bond donors (Lipinski definition) is 2. The van der Waals surface area contributed by atoms with E-state index >= 15 is 0 Å². The summed E-state index contributed by atoms with van der Waals surface area (Å²) in [6.07, 6.45) is 0.251. The lowest BCUT2D eigenvalue weighted by Gasteiger charge is -2.06. The Balaban J connectivity index is 2.24. The molecule has 0 fully saturated rings. The first-order chi connectivity index (χ1) is 9.35. The average molecular weight is 254 g/mol. The van der Waals surface area contributed by atoms with Crippen LogP contribution in [-0.4, -0.2) is 21.8 Å². The van der Waals surface area contributed by atoms with Crippen LogP contribution >= 0.6 is 0 Å². The Labute approximate surface area is 111 Å². The third-order valence-electron chi connectivity index (χ3n) is 2.79. The largest absolute Gasteiger partial charge is 0.411 e. The first-order valence-electron chi connectivity index (χ1n) is 5.88. The van der Waals surface area contributed by atoms with Crippen molar-refractivity contribution < 1.29 is 10.4 Å². The van der Waals surface area contributed by atoms with Crippen molar-refractivity contribution >= 4 is 11.4 Å². The van der Waals surface area contributed by atoms with E-state index in [-0.39, 0.29) is 6.42 Å². The van der Waals surface area contributed by atoms with Gasteiger partial charge in [-0.25, -0.2) is 0 Å². The van der Waals surface area contributed by atoms with Crippen molar-refractivity contribution in [1.29, 1.82) is 0 Å². The molecule has 96 valence electrons. The van der Waals surface area contributed by atoms with Crippen LogP contribution in [0, 0.1) is 0 Å². The Kier molecular flexibility index (Phi) is 4.29.